The number of para-hydroxylation sites is 2. The fourth-order valence-electron chi connectivity index (χ4n) is 3.46. The molecule has 0 atom stereocenters. The normalized spacial score (nSPS) is 12.4. The molecule has 0 spiro atoms. The van der Waals surface area contributed by atoms with Crippen molar-refractivity contribution in [3.63, 3.8) is 0 Å². The average Bonchev–Trinajstić information content (AvgIpc) is 2.95. The predicted octanol–water partition coefficient (Wildman–Crippen LogP) is 3.13. The van der Waals surface area contributed by atoms with E-state index in [4.69, 9.17) is 9.05 Å². The minimum absolute atomic E-state index is 0.119. The molecule has 0 aliphatic carbocycles. The highest BCUT2D eigenvalue weighted by atomic mass is 31.2. The maximum Gasteiger partial charge on any atom is 0.363 e. The highest BCUT2D eigenvalue weighted by molar-refractivity contribution is 7.62. The van der Waals surface area contributed by atoms with Crippen LogP contribution in [0.25, 0.3) is 21.8 Å². The van der Waals surface area contributed by atoms with Gasteiger partial charge >= 0.3 is 7.60 Å². The highest BCUT2D eigenvalue weighted by Crippen LogP contribution is 2.47. The summed E-state index contributed by atoms with van der Waals surface area (Å²) in [6.07, 6.45) is 0. The molecule has 0 N–H and O–H groups in total. The zero-order valence-corrected chi connectivity index (χ0v) is 15.0. The second kappa shape index (κ2) is 5.56. The van der Waals surface area contributed by atoms with Crippen LogP contribution in [-0.4, -0.2) is 23.3 Å². The van der Waals surface area contributed by atoms with E-state index in [1.54, 1.807) is 15.1 Å². The molecule has 0 saturated carbocycles. The summed E-state index contributed by atoms with van der Waals surface area (Å²) < 4.78 is 27.1. The number of hydrogen-bond donors (Lipinski definition) is 0. The van der Waals surface area contributed by atoms with Crippen LogP contribution in [0.3, 0.4) is 0 Å². The number of fused-ring (bicyclic) bond motifs is 5. The maximum absolute atomic E-state index is 13.2. The third kappa shape index (κ3) is 2.05. The van der Waals surface area contributed by atoms with E-state index in [9.17, 15) is 9.36 Å². The van der Waals surface area contributed by atoms with E-state index in [2.05, 4.69) is 0 Å². The summed E-state index contributed by atoms with van der Waals surface area (Å²) >= 11 is 0. The summed E-state index contributed by atoms with van der Waals surface area (Å²) in [4.78, 5) is 13.0. The van der Waals surface area contributed by atoms with Crippen LogP contribution in [0.1, 0.15) is 5.69 Å². The highest BCUT2D eigenvalue weighted by Gasteiger charge is 2.32. The molecule has 4 aromatic rings. The first-order valence-electron chi connectivity index (χ1n) is 7.79. The average molecular weight is 356 g/mol. The van der Waals surface area contributed by atoms with E-state index in [0.29, 0.717) is 27.3 Å². The number of hydrogen-bond acceptors (Lipinski definition) is 4. The van der Waals surface area contributed by atoms with Crippen molar-refractivity contribution in [1.82, 2.24) is 9.03 Å². The molecule has 0 bridgehead atoms. The third-order valence-electron chi connectivity index (χ3n) is 4.56. The Labute approximate surface area is 143 Å². The van der Waals surface area contributed by atoms with Crippen LogP contribution < -0.4 is 10.9 Å². The maximum atomic E-state index is 13.2. The summed E-state index contributed by atoms with van der Waals surface area (Å²) in [6.45, 7) is 1.82. The quantitative estimate of drug-likeness (QED) is 0.529. The smallest absolute Gasteiger partial charge is 0.309 e. The minimum Gasteiger partial charge on any atom is -0.309 e. The summed E-state index contributed by atoms with van der Waals surface area (Å²) in [7, 11) is -0.798. The van der Waals surface area contributed by atoms with Crippen molar-refractivity contribution in [3.8, 4) is 0 Å². The van der Waals surface area contributed by atoms with Gasteiger partial charge in [-0.15, -0.1) is 0 Å². The number of aromatic nitrogens is 2. The lowest BCUT2D eigenvalue weighted by Gasteiger charge is -2.20. The number of nitrogens with zero attached hydrogens (tertiary/aromatic N) is 2. The Morgan fingerprint density at radius 1 is 0.840 bits per heavy atom. The first-order chi connectivity index (χ1) is 12.0. The zero-order chi connectivity index (χ0) is 17.8. The molecule has 4 rings (SSSR count). The Hall–Kier alpha value is -2.40. The van der Waals surface area contributed by atoms with Crippen LogP contribution >= 0.6 is 7.60 Å². The summed E-state index contributed by atoms with van der Waals surface area (Å²) in [6, 6.07) is 14.7. The van der Waals surface area contributed by atoms with E-state index >= 15 is 0 Å². The lowest BCUT2D eigenvalue weighted by molar-refractivity contribution is 0.287. The number of benzene rings is 2. The molecule has 6 nitrogen and oxygen atoms in total. The van der Waals surface area contributed by atoms with E-state index < -0.39 is 7.60 Å². The van der Waals surface area contributed by atoms with Crippen molar-refractivity contribution in [2.24, 2.45) is 0 Å². The van der Waals surface area contributed by atoms with Crippen LogP contribution in [0.4, 0.5) is 0 Å². The fraction of sp³-hybridized carbons (Fsp3) is 0.167. The largest absolute Gasteiger partial charge is 0.363 e. The van der Waals surface area contributed by atoms with Gasteiger partial charge in [0.15, 0.2) is 0 Å². The molecule has 2 aromatic heterocycles. The van der Waals surface area contributed by atoms with Crippen LogP contribution in [0, 0.1) is 6.92 Å². The van der Waals surface area contributed by atoms with Crippen molar-refractivity contribution in [2.75, 3.05) is 14.2 Å². The van der Waals surface area contributed by atoms with Gasteiger partial charge in [-0.2, -0.15) is 0 Å². The van der Waals surface area contributed by atoms with Gasteiger partial charge in [0.1, 0.15) is 0 Å². The van der Waals surface area contributed by atoms with E-state index in [1.807, 2.05) is 49.4 Å². The molecule has 128 valence electrons. The van der Waals surface area contributed by atoms with Gasteiger partial charge in [0.25, 0.3) is 5.56 Å². The molecule has 0 radical (unpaired) electrons. The Balaban J connectivity index is 2.39. The van der Waals surface area contributed by atoms with Crippen LogP contribution in [-0.2, 0) is 13.6 Å². The van der Waals surface area contributed by atoms with Gasteiger partial charge in [-0.1, -0.05) is 30.3 Å². The molecule has 0 aliphatic heterocycles. The second-order valence-electron chi connectivity index (χ2n) is 5.76. The molecule has 0 saturated heterocycles. The molecule has 0 amide bonds. The molecule has 0 aliphatic rings. The van der Waals surface area contributed by atoms with Gasteiger partial charge in [0.2, 0.25) is 0 Å². The molecule has 25 heavy (non-hydrogen) atoms. The minimum atomic E-state index is -3.53. The monoisotopic (exact) mass is 356 g/mol. The van der Waals surface area contributed by atoms with Crippen LogP contribution in [0.5, 0.6) is 0 Å². The Morgan fingerprint density at radius 3 is 1.96 bits per heavy atom. The van der Waals surface area contributed by atoms with Crippen LogP contribution in [0.2, 0.25) is 0 Å². The van der Waals surface area contributed by atoms with Gasteiger partial charge < -0.3 is 9.05 Å². The standard InChI is InChI=1S/C18H17N2O4P/c1-12-17(25(22,23-2)24-3)13-8-4-6-10-15(13)20-18(21)14-9-5-7-11-16(14)19(12)20/h4-11H,1-3H3. The lowest BCUT2D eigenvalue weighted by atomic mass is 10.2. The summed E-state index contributed by atoms with van der Waals surface area (Å²) in [5, 5.41) is 1.74. The molecular formula is C18H17N2O4P. The SMILES string of the molecule is COP(=O)(OC)c1c(C)n2c3ccccc3c(=O)n2c2ccccc12. The Morgan fingerprint density at radius 2 is 1.36 bits per heavy atom. The topological polar surface area (TPSA) is 61.4 Å². The van der Waals surface area contributed by atoms with Gasteiger partial charge in [-0.3, -0.25) is 9.36 Å². The molecule has 0 unspecified atom stereocenters. The van der Waals surface area contributed by atoms with E-state index in [1.165, 1.54) is 14.2 Å². The van der Waals surface area contributed by atoms with E-state index in [-0.39, 0.29) is 5.56 Å². The molecule has 2 aromatic carbocycles. The van der Waals surface area contributed by atoms with Crippen molar-refractivity contribution < 1.29 is 13.6 Å². The molecule has 7 heteroatoms. The Kier molecular flexibility index (Phi) is 3.58. The van der Waals surface area contributed by atoms with E-state index in [0.717, 1.165) is 5.52 Å². The first-order valence-corrected chi connectivity index (χ1v) is 9.33. The zero-order valence-electron chi connectivity index (χ0n) is 14.1. The predicted molar refractivity (Wildman–Crippen MR) is 98.1 cm³/mol. The van der Waals surface area contributed by atoms with Gasteiger partial charge in [-0.05, 0) is 25.1 Å². The lowest BCUT2D eigenvalue weighted by Crippen LogP contribution is -2.23. The fourth-order valence-corrected chi connectivity index (χ4v) is 4.95. The number of rotatable bonds is 3. The third-order valence-corrected chi connectivity index (χ3v) is 6.63. The van der Waals surface area contributed by atoms with Crippen molar-refractivity contribution >= 4 is 34.7 Å². The van der Waals surface area contributed by atoms with Gasteiger partial charge in [0.05, 0.1) is 27.4 Å². The summed E-state index contributed by atoms with van der Waals surface area (Å²) in [5.74, 6) is 0. The van der Waals surface area contributed by atoms with Crippen molar-refractivity contribution in [3.05, 3.63) is 64.6 Å². The summed E-state index contributed by atoms with van der Waals surface area (Å²) in [5.41, 5.74) is 1.92. The van der Waals surface area contributed by atoms with Crippen molar-refractivity contribution in [1.29, 1.82) is 0 Å². The molecule has 0 fully saturated rings. The van der Waals surface area contributed by atoms with Crippen LogP contribution in [0.15, 0.2) is 53.3 Å². The second-order valence-corrected chi connectivity index (χ2v) is 7.93. The van der Waals surface area contributed by atoms with Gasteiger partial charge in [-0.25, -0.2) is 9.03 Å². The van der Waals surface area contributed by atoms with Crippen molar-refractivity contribution in [2.45, 2.75) is 6.92 Å². The number of aryl methyl sites for hydroxylation is 1. The first kappa shape index (κ1) is 16.1. The molecular weight excluding hydrogens is 339 g/mol. The Bertz CT molecular complexity index is 1230. The van der Waals surface area contributed by atoms with Gasteiger partial charge in [0, 0.05) is 19.6 Å². The molecule has 2 heterocycles.